The van der Waals surface area contributed by atoms with Gasteiger partial charge < -0.3 is 29.4 Å². The molecule has 4 rings (SSSR count). The fourth-order valence-corrected chi connectivity index (χ4v) is 4.42. The van der Waals surface area contributed by atoms with Crippen LogP contribution >= 0.6 is 0 Å². The topological polar surface area (TPSA) is 113 Å². The Labute approximate surface area is 241 Å². The van der Waals surface area contributed by atoms with Gasteiger partial charge in [-0.1, -0.05) is 39.3 Å². The Morgan fingerprint density at radius 1 is 1.00 bits per heavy atom. The standard InChI is InChI=1S/C33H36N2O6/c1-5-6-16-38-24-10-7-22(8-11-24)33(36)40-25-12-13-26-29(19-25)41-32(35)27(20-34)31(26)23-9-14-28(30(18-23)37-4)39-17-15-21(2)3/h7-14,18-19,21,31H,5-6,15-17,35H2,1-4H3. The van der Waals surface area contributed by atoms with E-state index in [9.17, 15) is 10.1 Å². The molecule has 0 saturated carbocycles. The highest BCUT2D eigenvalue weighted by atomic mass is 16.5. The Hall–Kier alpha value is -4.64. The predicted molar refractivity (Wildman–Crippen MR) is 155 cm³/mol. The summed E-state index contributed by atoms with van der Waals surface area (Å²) in [6, 6.07) is 19.6. The number of ether oxygens (including phenoxy) is 5. The van der Waals surface area contributed by atoms with Crippen molar-refractivity contribution in [3.05, 3.63) is 88.8 Å². The molecule has 1 atom stereocenters. The van der Waals surface area contributed by atoms with Crippen LogP contribution < -0.4 is 29.4 Å². The van der Waals surface area contributed by atoms with Crippen LogP contribution in [0.25, 0.3) is 0 Å². The summed E-state index contributed by atoms with van der Waals surface area (Å²) in [5.74, 6) is 2.05. The van der Waals surface area contributed by atoms with Crippen LogP contribution in [0.2, 0.25) is 0 Å². The molecule has 0 bridgehead atoms. The molecule has 1 aliphatic heterocycles. The van der Waals surface area contributed by atoms with Gasteiger partial charge >= 0.3 is 5.97 Å². The Morgan fingerprint density at radius 2 is 1.76 bits per heavy atom. The first-order valence-electron chi connectivity index (χ1n) is 13.8. The van der Waals surface area contributed by atoms with Crippen LogP contribution in [0, 0.1) is 17.2 Å². The first kappa shape index (κ1) is 29.3. The summed E-state index contributed by atoms with van der Waals surface area (Å²) in [4.78, 5) is 12.8. The minimum absolute atomic E-state index is 0.0108. The maximum Gasteiger partial charge on any atom is 0.343 e. The molecule has 1 unspecified atom stereocenters. The largest absolute Gasteiger partial charge is 0.494 e. The second-order valence-corrected chi connectivity index (χ2v) is 10.2. The Kier molecular flexibility index (Phi) is 9.75. The highest BCUT2D eigenvalue weighted by molar-refractivity contribution is 5.91. The molecule has 41 heavy (non-hydrogen) atoms. The van der Waals surface area contributed by atoms with Gasteiger partial charge in [0.25, 0.3) is 0 Å². The lowest BCUT2D eigenvalue weighted by Crippen LogP contribution is -2.21. The summed E-state index contributed by atoms with van der Waals surface area (Å²) in [6.07, 6.45) is 2.93. The lowest BCUT2D eigenvalue weighted by molar-refractivity contribution is 0.0734. The van der Waals surface area contributed by atoms with Crippen LogP contribution in [0.1, 0.15) is 67.4 Å². The minimum Gasteiger partial charge on any atom is -0.494 e. The molecule has 0 radical (unpaired) electrons. The van der Waals surface area contributed by atoms with Gasteiger partial charge in [-0.3, -0.25) is 0 Å². The first-order chi connectivity index (χ1) is 19.8. The van der Waals surface area contributed by atoms with Crippen molar-refractivity contribution in [2.24, 2.45) is 11.7 Å². The fourth-order valence-electron chi connectivity index (χ4n) is 4.42. The first-order valence-corrected chi connectivity index (χ1v) is 13.8. The number of benzene rings is 3. The van der Waals surface area contributed by atoms with E-state index < -0.39 is 11.9 Å². The number of hydrogen-bond donors (Lipinski definition) is 1. The molecule has 0 aliphatic carbocycles. The van der Waals surface area contributed by atoms with Crippen molar-refractivity contribution in [1.82, 2.24) is 0 Å². The van der Waals surface area contributed by atoms with Gasteiger partial charge in [0.15, 0.2) is 11.5 Å². The Bertz CT molecular complexity index is 1440. The number of carbonyl (C=O) groups is 1. The number of rotatable bonds is 12. The number of nitrogens with zero attached hydrogens (tertiary/aromatic N) is 1. The van der Waals surface area contributed by atoms with Crippen LogP contribution in [-0.4, -0.2) is 26.3 Å². The van der Waals surface area contributed by atoms with Crippen LogP contribution in [0.15, 0.2) is 72.1 Å². The van der Waals surface area contributed by atoms with Crippen LogP contribution in [-0.2, 0) is 0 Å². The molecule has 3 aromatic rings. The molecule has 0 spiro atoms. The van der Waals surface area contributed by atoms with Gasteiger partial charge in [-0.2, -0.15) is 5.26 Å². The van der Waals surface area contributed by atoms with Gasteiger partial charge in [0.1, 0.15) is 28.9 Å². The van der Waals surface area contributed by atoms with E-state index in [1.54, 1.807) is 49.6 Å². The van der Waals surface area contributed by atoms with Crippen molar-refractivity contribution in [3.8, 4) is 34.8 Å². The highest BCUT2D eigenvalue weighted by Gasteiger charge is 2.32. The highest BCUT2D eigenvalue weighted by Crippen LogP contribution is 2.45. The van der Waals surface area contributed by atoms with E-state index in [1.807, 2.05) is 18.2 Å². The molecular weight excluding hydrogens is 520 g/mol. The van der Waals surface area contributed by atoms with E-state index in [4.69, 9.17) is 29.4 Å². The van der Waals surface area contributed by atoms with Crippen molar-refractivity contribution in [2.75, 3.05) is 20.3 Å². The van der Waals surface area contributed by atoms with Crippen molar-refractivity contribution < 1.29 is 28.5 Å². The summed E-state index contributed by atoms with van der Waals surface area (Å²) < 4.78 is 28.6. The molecule has 8 heteroatoms. The third kappa shape index (κ3) is 7.12. The number of esters is 1. The quantitative estimate of drug-likeness (QED) is 0.148. The fraction of sp³-hybridized carbons (Fsp3) is 0.333. The average Bonchev–Trinajstić information content (AvgIpc) is 2.96. The van der Waals surface area contributed by atoms with Crippen LogP contribution in [0.4, 0.5) is 0 Å². The number of unbranched alkanes of at least 4 members (excludes halogenated alkanes) is 1. The van der Waals surface area contributed by atoms with Gasteiger partial charge in [0.05, 0.1) is 31.8 Å². The molecule has 1 heterocycles. The molecule has 8 nitrogen and oxygen atoms in total. The molecule has 0 fully saturated rings. The number of carbonyl (C=O) groups excluding carboxylic acids is 1. The number of methoxy groups -OCH3 is 1. The molecule has 214 valence electrons. The van der Waals surface area contributed by atoms with Crippen LogP contribution in [0.3, 0.4) is 0 Å². The average molecular weight is 557 g/mol. The predicted octanol–water partition coefficient (Wildman–Crippen LogP) is 6.74. The normalized spacial score (nSPS) is 14.1. The van der Waals surface area contributed by atoms with Gasteiger partial charge in [0.2, 0.25) is 5.88 Å². The van der Waals surface area contributed by atoms with Crippen molar-refractivity contribution in [1.29, 1.82) is 5.26 Å². The second kappa shape index (κ2) is 13.6. The Morgan fingerprint density at radius 3 is 2.44 bits per heavy atom. The van der Waals surface area contributed by atoms with Gasteiger partial charge in [0, 0.05) is 11.6 Å². The maximum absolute atomic E-state index is 12.8. The summed E-state index contributed by atoms with van der Waals surface area (Å²) >= 11 is 0. The third-order valence-corrected chi connectivity index (χ3v) is 6.73. The summed E-state index contributed by atoms with van der Waals surface area (Å²) in [6.45, 7) is 7.58. The van der Waals surface area contributed by atoms with E-state index in [1.165, 1.54) is 0 Å². The van der Waals surface area contributed by atoms with E-state index in [-0.39, 0.29) is 17.2 Å². The molecular formula is C33H36N2O6. The number of nitriles is 1. The zero-order chi connectivity index (χ0) is 29.4. The number of allylic oxidation sites excluding steroid dienone is 1. The molecule has 3 aromatic carbocycles. The van der Waals surface area contributed by atoms with Gasteiger partial charge in [-0.15, -0.1) is 0 Å². The van der Waals surface area contributed by atoms with E-state index in [0.717, 1.165) is 24.8 Å². The molecule has 0 amide bonds. The van der Waals surface area contributed by atoms with Crippen molar-refractivity contribution in [2.45, 2.75) is 46.0 Å². The molecule has 0 aromatic heterocycles. The smallest absolute Gasteiger partial charge is 0.343 e. The van der Waals surface area contributed by atoms with Gasteiger partial charge in [-0.25, -0.2) is 4.79 Å². The Balaban J connectivity index is 1.56. The van der Waals surface area contributed by atoms with Crippen LogP contribution in [0.5, 0.6) is 28.7 Å². The van der Waals surface area contributed by atoms with E-state index in [2.05, 4.69) is 26.8 Å². The van der Waals surface area contributed by atoms with Crippen molar-refractivity contribution in [3.63, 3.8) is 0 Å². The maximum atomic E-state index is 12.8. The van der Waals surface area contributed by atoms with E-state index in [0.29, 0.717) is 53.3 Å². The molecule has 0 saturated heterocycles. The van der Waals surface area contributed by atoms with Gasteiger partial charge in [-0.05, 0) is 66.8 Å². The lowest BCUT2D eigenvalue weighted by atomic mass is 9.83. The third-order valence-electron chi connectivity index (χ3n) is 6.73. The minimum atomic E-state index is -0.517. The second-order valence-electron chi connectivity index (χ2n) is 10.2. The lowest BCUT2D eigenvalue weighted by Gasteiger charge is -2.27. The van der Waals surface area contributed by atoms with Crippen molar-refractivity contribution >= 4 is 5.97 Å². The summed E-state index contributed by atoms with van der Waals surface area (Å²) in [7, 11) is 1.58. The number of hydrogen-bond acceptors (Lipinski definition) is 8. The summed E-state index contributed by atoms with van der Waals surface area (Å²) in [5.41, 5.74) is 8.34. The zero-order valence-electron chi connectivity index (χ0n) is 23.9. The zero-order valence-corrected chi connectivity index (χ0v) is 23.9. The number of fused-ring (bicyclic) bond motifs is 1. The number of nitrogens with two attached hydrogens (primary N) is 1. The molecule has 2 N–H and O–H groups in total. The molecule has 1 aliphatic rings. The van der Waals surface area contributed by atoms with E-state index >= 15 is 0 Å². The summed E-state index contributed by atoms with van der Waals surface area (Å²) in [5, 5.41) is 9.95. The monoisotopic (exact) mass is 556 g/mol. The SMILES string of the molecule is CCCCOc1ccc(C(=O)Oc2ccc3c(c2)OC(N)=C(C#N)C3c2ccc(OCCC(C)C)c(OC)c2)cc1.